The number of aryl methyl sites for hydroxylation is 1. The molecule has 0 bridgehead atoms. The number of methoxy groups -OCH3 is 1. The summed E-state index contributed by atoms with van der Waals surface area (Å²) in [5.41, 5.74) is 3.10. The third kappa shape index (κ3) is 3.99. The zero-order chi connectivity index (χ0) is 14.5. The van der Waals surface area contributed by atoms with Crippen LogP contribution in [0.15, 0.2) is 42.5 Å². The molecule has 104 valence electrons. The molecule has 0 aliphatic rings. The molecule has 2 nitrogen and oxygen atoms in total. The highest BCUT2D eigenvalue weighted by molar-refractivity contribution is 6.35. The number of carbonyl (C=O) groups is 1. The number of carbonyl (C=O) groups excluding carboxylic acids is 1. The standard InChI is InChI=1S/C16H14Cl2O2/c1-20-16(19)7-4-11-2-5-12(6-3-11)13-8-14(17)10-15(18)9-13/h2-3,5-6,8-10H,4,7H2,1H3. The molecule has 0 spiro atoms. The second-order valence-electron chi connectivity index (χ2n) is 4.43. The van der Waals surface area contributed by atoms with E-state index in [4.69, 9.17) is 23.2 Å². The molecule has 0 aromatic heterocycles. The van der Waals surface area contributed by atoms with Crippen molar-refractivity contribution in [2.75, 3.05) is 7.11 Å². The van der Waals surface area contributed by atoms with Gasteiger partial charge in [-0.05, 0) is 41.3 Å². The molecule has 4 heteroatoms. The van der Waals surface area contributed by atoms with Gasteiger partial charge in [0.1, 0.15) is 0 Å². The summed E-state index contributed by atoms with van der Waals surface area (Å²) in [6.45, 7) is 0. The summed E-state index contributed by atoms with van der Waals surface area (Å²) < 4.78 is 4.62. The summed E-state index contributed by atoms with van der Waals surface area (Å²) in [4.78, 5) is 11.1. The van der Waals surface area contributed by atoms with Crippen molar-refractivity contribution in [2.45, 2.75) is 12.8 Å². The Labute approximate surface area is 128 Å². The molecule has 0 radical (unpaired) electrons. The Morgan fingerprint density at radius 1 is 1.00 bits per heavy atom. The number of hydrogen-bond donors (Lipinski definition) is 0. The Hall–Kier alpha value is -1.51. The van der Waals surface area contributed by atoms with Crippen LogP contribution in [0.3, 0.4) is 0 Å². The van der Waals surface area contributed by atoms with Gasteiger partial charge in [0.2, 0.25) is 0 Å². The molecule has 0 heterocycles. The number of benzene rings is 2. The van der Waals surface area contributed by atoms with Crippen LogP contribution in [0.1, 0.15) is 12.0 Å². The lowest BCUT2D eigenvalue weighted by Crippen LogP contribution is -2.01. The molecule has 2 rings (SSSR count). The average molecular weight is 309 g/mol. The first-order valence-electron chi connectivity index (χ1n) is 6.20. The number of rotatable bonds is 4. The minimum Gasteiger partial charge on any atom is -0.469 e. The van der Waals surface area contributed by atoms with Crippen molar-refractivity contribution >= 4 is 29.2 Å². The second-order valence-corrected chi connectivity index (χ2v) is 5.30. The molecule has 0 atom stereocenters. The zero-order valence-corrected chi connectivity index (χ0v) is 12.5. The van der Waals surface area contributed by atoms with E-state index < -0.39 is 0 Å². The van der Waals surface area contributed by atoms with Crippen LogP contribution in [-0.2, 0) is 16.0 Å². The van der Waals surface area contributed by atoms with E-state index in [1.807, 2.05) is 36.4 Å². The normalized spacial score (nSPS) is 10.3. The van der Waals surface area contributed by atoms with E-state index in [1.54, 1.807) is 6.07 Å². The van der Waals surface area contributed by atoms with Crippen LogP contribution in [0.25, 0.3) is 11.1 Å². The zero-order valence-electron chi connectivity index (χ0n) is 11.0. The van der Waals surface area contributed by atoms with Crippen molar-refractivity contribution < 1.29 is 9.53 Å². The van der Waals surface area contributed by atoms with Crippen LogP contribution in [0.4, 0.5) is 0 Å². The van der Waals surface area contributed by atoms with Gasteiger partial charge in [-0.25, -0.2) is 0 Å². The fourth-order valence-corrected chi connectivity index (χ4v) is 2.46. The van der Waals surface area contributed by atoms with Gasteiger partial charge in [-0.15, -0.1) is 0 Å². The second kappa shape index (κ2) is 6.78. The maximum Gasteiger partial charge on any atom is 0.305 e. The van der Waals surface area contributed by atoms with Crippen molar-refractivity contribution in [1.82, 2.24) is 0 Å². The minimum atomic E-state index is -0.198. The van der Waals surface area contributed by atoms with Gasteiger partial charge >= 0.3 is 5.97 Å². The SMILES string of the molecule is COC(=O)CCc1ccc(-c2cc(Cl)cc(Cl)c2)cc1. The molecular weight excluding hydrogens is 295 g/mol. The fourth-order valence-electron chi connectivity index (χ4n) is 1.93. The van der Waals surface area contributed by atoms with Gasteiger partial charge in [-0.3, -0.25) is 4.79 Å². The van der Waals surface area contributed by atoms with Crippen LogP contribution < -0.4 is 0 Å². The Morgan fingerprint density at radius 3 is 2.15 bits per heavy atom. The van der Waals surface area contributed by atoms with E-state index >= 15 is 0 Å². The van der Waals surface area contributed by atoms with E-state index in [-0.39, 0.29) is 5.97 Å². The number of esters is 1. The van der Waals surface area contributed by atoms with E-state index in [9.17, 15) is 4.79 Å². The third-order valence-corrected chi connectivity index (χ3v) is 3.43. The van der Waals surface area contributed by atoms with Crippen LogP contribution >= 0.6 is 23.2 Å². The summed E-state index contributed by atoms with van der Waals surface area (Å²) >= 11 is 12.0. The summed E-state index contributed by atoms with van der Waals surface area (Å²) in [7, 11) is 1.40. The summed E-state index contributed by atoms with van der Waals surface area (Å²) in [5.74, 6) is -0.198. The lowest BCUT2D eigenvalue weighted by atomic mass is 10.0. The molecule has 2 aromatic rings. The Kier molecular flexibility index (Phi) is 5.05. The van der Waals surface area contributed by atoms with Crippen LogP contribution in [0, 0.1) is 0 Å². The first-order valence-corrected chi connectivity index (χ1v) is 6.96. The molecule has 20 heavy (non-hydrogen) atoms. The predicted molar refractivity (Wildman–Crippen MR) is 82.2 cm³/mol. The highest BCUT2D eigenvalue weighted by Gasteiger charge is 2.04. The Morgan fingerprint density at radius 2 is 1.60 bits per heavy atom. The predicted octanol–water partition coefficient (Wildman–Crippen LogP) is 4.77. The van der Waals surface area contributed by atoms with E-state index in [0.29, 0.717) is 22.9 Å². The quantitative estimate of drug-likeness (QED) is 0.761. The van der Waals surface area contributed by atoms with Crippen molar-refractivity contribution in [3.8, 4) is 11.1 Å². The molecule has 0 amide bonds. The number of halogens is 2. The Bertz CT molecular complexity index is 586. The van der Waals surface area contributed by atoms with Gasteiger partial charge in [-0.1, -0.05) is 47.5 Å². The molecule has 0 aliphatic heterocycles. The van der Waals surface area contributed by atoms with Crippen molar-refractivity contribution in [2.24, 2.45) is 0 Å². The van der Waals surface area contributed by atoms with Gasteiger partial charge in [-0.2, -0.15) is 0 Å². The highest BCUT2D eigenvalue weighted by Crippen LogP contribution is 2.27. The van der Waals surface area contributed by atoms with Crippen LogP contribution in [-0.4, -0.2) is 13.1 Å². The largest absolute Gasteiger partial charge is 0.469 e. The summed E-state index contributed by atoms with van der Waals surface area (Å²) in [6, 6.07) is 13.4. The van der Waals surface area contributed by atoms with E-state index in [1.165, 1.54) is 7.11 Å². The van der Waals surface area contributed by atoms with E-state index in [0.717, 1.165) is 16.7 Å². The third-order valence-electron chi connectivity index (χ3n) is 3.00. The molecular formula is C16H14Cl2O2. The van der Waals surface area contributed by atoms with Crippen LogP contribution in [0.2, 0.25) is 10.0 Å². The molecule has 0 N–H and O–H groups in total. The fraction of sp³-hybridized carbons (Fsp3) is 0.188. The van der Waals surface area contributed by atoms with Crippen molar-refractivity contribution in [3.05, 3.63) is 58.1 Å². The molecule has 0 fully saturated rings. The maximum absolute atomic E-state index is 11.1. The van der Waals surface area contributed by atoms with E-state index in [2.05, 4.69) is 4.74 Å². The molecule has 0 unspecified atom stereocenters. The average Bonchev–Trinajstić information content (AvgIpc) is 2.44. The molecule has 0 saturated heterocycles. The van der Waals surface area contributed by atoms with Gasteiger partial charge in [0.15, 0.2) is 0 Å². The monoisotopic (exact) mass is 308 g/mol. The maximum atomic E-state index is 11.1. The van der Waals surface area contributed by atoms with Gasteiger partial charge < -0.3 is 4.74 Å². The minimum absolute atomic E-state index is 0.198. The number of ether oxygens (including phenoxy) is 1. The smallest absolute Gasteiger partial charge is 0.305 e. The highest BCUT2D eigenvalue weighted by atomic mass is 35.5. The molecule has 0 saturated carbocycles. The van der Waals surface area contributed by atoms with Crippen LogP contribution in [0.5, 0.6) is 0 Å². The Balaban J connectivity index is 2.13. The van der Waals surface area contributed by atoms with Crippen molar-refractivity contribution in [1.29, 1.82) is 0 Å². The number of hydrogen-bond acceptors (Lipinski definition) is 2. The summed E-state index contributed by atoms with van der Waals surface area (Å²) in [6.07, 6.45) is 1.06. The first-order chi connectivity index (χ1) is 9.58. The molecule has 2 aromatic carbocycles. The van der Waals surface area contributed by atoms with Gasteiger partial charge in [0.05, 0.1) is 7.11 Å². The lowest BCUT2D eigenvalue weighted by molar-refractivity contribution is -0.140. The molecule has 0 aliphatic carbocycles. The lowest BCUT2D eigenvalue weighted by Gasteiger charge is -2.06. The van der Waals surface area contributed by atoms with Gasteiger partial charge in [0, 0.05) is 16.5 Å². The first kappa shape index (κ1) is 14.9. The van der Waals surface area contributed by atoms with Gasteiger partial charge in [0.25, 0.3) is 0 Å². The van der Waals surface area contributed by atoms with Crippen molar-refractivity contribution in [3.63, 3.8) is 0 Å². The summed E-state index contributed by atoms with van der Waals surface area (Å²) in [5, 5.41) is 1.23. The topological polar surface area (TPSA) is 26.3 Å².